The Bertz CT molecular complexity index is 437. The smallest absolute Gasteiger partial charge is 0.273 e. The number of aromatic nitrogens is 2. The maximum atomic E-state index is 11.7. The van der Waals surface area contributed by atoms with Crippen LogP contribution in [0.2, 0.25) is 0 Å². The first-order chi connectivity index (χ1) is 6.88. The molecule has 1 heterocycles. The molecule has 0 bridgehead atoms. The zero-order chi connectivity index (χ0) is 11.6. The van der Waals surface area contributed by atoms with Crippen molar-refractivity contribution in [3.05, 3.63) is 11.3 Å². The molecule has 8 heteroatoms. The molecule has 0 unspecified atom stereocenters. The number of aryl methyl sites for hydroxylation is 1. The third kappa shape index (κ3) is 2.53. The Balaban J connectivity index is 3.15. The molecular weight excluding hydrogens is 220 g/mol. The van der Waals surface area contributed by atoms with Gasteiger partial charge in [-0.15, -0.1) is 4.83 Å². The van der Waals surface area contributed by atoms with E-state index in [-0.39, 0.29) is 17.2 Å². The maximum absolute atomic E-state index is 11.7. The van der Waals surface area contributed by atoms with Crippen LogP contribution in [-0.2, 0) is 16.6 Å². The number of hydrogen-bond donors (Lipinski definition) is 3. The van der Waals surface area contributed by atoms with Crippen LogP contribution in [-0.4, -0.2) is 42.8 Å². The number of rotatable bonds is 4. The van der Waals surface area contributed by atoms with Gasteiger partial charge in [-0.2, -0.15) is 5.10 Å². The number of aliphatic hydroxyl groups excluding tert-OH is 1. The molecule has 0 saturated carbocycles. The largest absolute Gasteiger partial charge is 0.392 e. The number of hydrazine groups is 1. The third-order valence-corrected chi connectivity index (χ3v) is 3.20. The van der Waals surface area contributed by atoms with Crippen LogP contribution in [0.1, 0.15) is 11.3 Å². The van der Waals surface area contributed by atoms with Crippen molar-refractivity contribution in [2.24, 2.45) is 0 Å². The molecule has 3 N–H and O–H groups in total. The zero-order valence-electron chi connectivity index (χ0n) is 8.77. The van der Waals surface area contributed by atoms with Crippen molar-refractivity contribution in [2.45, 2.75) is 18.6 Å². The van der Waals surface area contributed by atoms with Crippen LogP contribution >= 0.6 is 0 Å². The van der Waals surface area contributed by atoms with Gasteiger partial charge in [-0.1, -0.05) is 0 Å². The minimum atomic E-state index is -3.71. The number of aromatic amines is 1. The van der Waals surface area contributed by atoms with Gasteiger partial charge in [-0.05, 0) is 6.92 Å². The minimum Gasteiger partial charge on any atom is -0.392 e. The molecule has 0 atom stereocenters. The van der Waals surface area contributed by atoms with Gasteiger partial charge >= 0.3 is 0 Å². The fourth-order valence-electron chi connectivity index (χ4n) is 1.12. The third-order valence-electron chi connectivity index (χ3n) is 1.75. The van der Waals surface area contributed by atoms with Gasteiger partial charge in [0.15, 0.2) is 5.03 Å². The Labute approximate surface area is 88.1 Å². The molecule has 7 nitrogen and oxygen atoms in total. The second-order valence-corrected chi connectivity index (χ2v) is 4.86. The van der Waals surface area contributed by atoms with Crippen molar-refractivity contribution >= 4 is 10.0 Å². The normalized spacial score (nSPS) is 12.3. The highest BCUT2D eigenvalue weighted by molar-refractivity contribution is 7.89. The monoisotopic (exact) mass is 234 g/mol. The number of hydrogen-bond acceptors (Lipinski definition) is 5. The lowest BCUT2D eigenvalue weighted by atomic mass is 10.3. The molecule has 0 aliphatic carbocycles. The summed E-state index contributed by atoms with van der Waals surface area (Å²) in [4.78, 5) is 2.24. The lowest BCUT2D eigenvalue weighted by Crippen LogP contribution is -2.36. The molecular formula is C7H14N4O3S. The zero-order valence-corrected chi connectivity index (χ0v) is 9.59. The summed E-state index contributed by atoms with van der Waals surface area (Å²) in [5.41, 5.74) is 0.820. The quantitative estimate of drug-likeness (QED) is 0.578. The average Bonchev–Trinajstić information content (AvgIpc) is 2.44. The lowest BCUT2D eigenvalue weighted by molar-refractivity contribution is 0.277. The molecule has 86 valence electrons. The number of sulfonamides is 1. The topological polar surface area (TPSA) is 98.3 Å². The summed E-state index contributed by atoms with van der Waals surface area (Å²) in [5.74, 6) is 0. The molecule has 0 aliphatic rings. The van der Waals surface area contributed by atoms with Gasteiger partial charge in [0, 0.05) is 25.4 Å². The Morgan fingerprint density at radius 1 is 1.53 bits per heavy atom. The van der Waals surface area contributed by atoms with E-state index < -0.39 is 10.0 Å². The van der Waals surface area contributed by atoms with Crippen molar-refractivity contribution < 1.29 is 13.5 Å². The van der Waals surface area contributed by atoms with E-state index in [0.29, 0.717) is 5.69 Å². The molecule has 0 aromatic carbocycles. The van der Waals surface area contributed by atoms with Crippen LogP contribution in [0.3, 0.4) is 0 Å². The van der Waals surface area contributed by atoms with E-state index >= 15 is 0 Å². The molecule has 0 aliphatic heterocycles. The van der Waals surface area contributed by atoms with E-state index in [9.17, 15) is 8.42 Å². The summed E-state index contributed by atoms with van der Waals surface area (Å²) >= 11 is 0. The van der Waals surface area contributed by atoms with Crippen molar-refractivity contribution in [3.63, 3.8) is 0 Å². The van der Waals surface area contributed by atoms with Gasteiger partial charge < -0.3 is 5.11 Å². The SMILES string of the molecule is Cc1[nH]nc(S(=O)(=O)NN(C)C)c1CO. The van der Waals surface area contributed by atoms with Crippen LogP contribution < -0.4 is 4.83 Å². The predicted molar refractivity (Wildman–Crippen MR) is 53.3 cm³/mol. The van der Waals surface area contributed by atoms with Gasteiger partial charge in [0.2, 0.25) is 0 Å². The standard InChI is InChI=1S/C7H14N4O3S/c1-5-6(4-12)7(9-8-5)15(13,14)10-11(2)3/h10,12H,4H2,1-3H3,(H,8,9). The second kappa shape index (κ2) is 4.27. The van der Waals surface area contributed by atoms with Crippen LogP contribution in [0.25, 0.3) is 0 Å². The fourth-order valence-corrected chi connectivity index (χ4v) is 2.40. The summed E-state index contributed by atoms with van der Waals surface area (Å²) in [6, 6.07) is 0. The Kier molecular flexibility index (Phi) is 3.45. The second-order valence-electron chi connectivity index (χ2n) is 3.28. The van der Waals surface area contributed by atoms with Crippen LogP contribution in [0.15, 0.2) is 5.03 Å². The Morgan fingerprint density at radius 2 is 2.13 bits per heavy atom. The van der Waals surface area contributed by atoms with Crippen molar-refractivity contribution in [1.29, 1.82) is 0 Å². The molecule has 0 fully saturated rings. The van der Waals surface area contributed by atoms with Gasteiger partial charge in [0.05, 0.1) is 6.61 Å². The molecule has 0 saturated heterocycles. The van der Waals surface area contributed by atoms with Gasteiger partial charge in [-0.3, -0.25) is 5.10 Å². The number of aliphatic hydroxyl groups is 1. The first-order valence-corrected chi connectivity index (χ1v) is 5.71. The number of nitrogens with one attached hydrogen (secondary N) is 2. The summed E-state index contributed by atoms with van der Waals surface area (Å²) in [6.45, 7) is 1.28. The number of nitrogens with zero attached hydrogens (tertiary/aromatic N) is 2. The Hall–Kier alpha value is -0.960. The molecule has 1 rings (SSSR count). The lowest BCUT2D eigenvalue weighted by Gasteiger charge is -2.11. The maximum Gasteiger partial charge on any atom is 0.273 e. The minimum absolute atomic E-state index is 0.170. The van der Waals surface area contributed by atoms with Crippen molar-refractivity contribution in [3.8, 4) is 0 Å². The van der Waals surface area contributed by atoms with Crippen molar-refractivity contribution in [2.75, 3.05) is 14.1 Å². The van der Waals surface area contributed by atoms with Gasteiger partial charge in [0.1, 0.15) is 0 Å². The van der Waals surface area contributed by atoms with E-state index in [1.54, 1.807) is 21.0 Å². The van der Waals surface area contributed by atoms with E-state index in [1.165, 1.54) is 5.01 Å². The molecule has 0 radical (unpaired) electrons. The molecule has 1 aromatic rings. The predicted octanol–water partition coefficient (Wildman–Crippen LogP) is -1.03. The molecule has 15 heavy (non-hydrogen) atoms. The molecule has 0 amide bonds. The molecule has 0 spiro atoms. The van der Waals surface area contributed by atoms with E-state index in [2.05, 4.69) is 15.0 Å². The summed E-state index contributed by atoms with van der Waals surface area (Å²) in [6.07, 6.45) is 0. The van der Waals surface area contributed by atoms with Crippen LogP contribution in [0, 0.1) is 6.92 Å². The fraction of sp³-hybridized carbons (Fsp3) is 0.571. The van der Waals surface area contributed by atoms with Crippen molar-refractivity contribution in [1.82, 2.24) is 20.0 Å². The summed E-state index contributed by atoms with van der Waals surface area (Å²) in [5, 5.41) is 16.3. The first kappa shape index (κ1) is 12.1. The summed E-state index contributed by atoms with van der Waals surface area (Å²) in [7, 11) is -0.605. The summed E-state index contributed by atoms with van der Waals surface area (Å²) < 4.78 is 23.4. The Morgan fingerprint density at radius 3 is 2.60 bits per heavy atom. The van der Waals surface area contributed by atoms with Crippen LogP contribution in [0.4, 0.5) is 0 Å². The highest BCUT2D eigenvalue weighted by Crippen LogP contribution is 2.15. The highest BCUT2D eigenvalue weighted by Gasteiger charge is 2.23. The van der Waals surface area contributed by atoms with E-state index in [4.69, 9.17) is 5.11 Å². The van der Waals surface area contributed by atoms with Gasteiger partial charge in [0.25, 0.3) is 10.0 Å². The highest BCUT2D eigenvalue weighted by atomic mass is 32.2. The van der Waals surface area contributed by atoms with E-state index in [0.717, 1.165) is 0 Å². The first-order valence-electron chi connectivity index (χ1n) is 4.23. The van der Waals surface area contributed by atoms with Gasteiger partial charge in [-0.25, -0.2) is 13.4 Å². The average molecular weight is 234 g/mol. The number of H-pyrrole nitrogens is 1. The van der Waals surface area contributed by atoms with Crippen LogP contribution in [0.5, 0.6) is 0 Å². The van der Waals surface area contributed by atoms with E-state index in [1.807, 2.05) is 0 Å². The molecule has 1 aromatic heterocycles.